The number of thiol groups is 1. The molecule has 0 aromatic heterocycles. The van der Waals surface area contributed by atoms with E-state index < -0.39 is 18.2 Å². The van der Waals surface area contributed by atoms with Gasteiger partial charge >= 0.3 is 5.97 Å². The van der Waals surface area contributed by atoms with E-state index in [-0.39, 0.29) is 5.12 Å². The molecule has 0 heterocycles. The lowest BCUT2D eigenvalue weighted by Gasteiger charge is -2.30. The van der Waals surface area contributed by atoms with Crippen molar-refractivity contribution in [3.05, 3.63) is 0 Å². The van der Waals surface area contributed by atoms with E-state index in [0.717, 1.165) is 25.7 Å². The van der Waals surface area contributed by atoms with Gasteiger partial charge in [0.25, 0.3) is 0 Å². The Kier molecular flexibility index (Phi) is 22.8. The van der Waals surface area contributed by atoms with Crippen molar-refractivity contribution in [3.63, 3.8) is 0 Å². The summed E-state index contributed by atoms with van der Waals surface area (Å²) in [7, 11) is 0. The molecule has 0 unspecified atom stereocenters. The average Bonchev–Trinajstić information content (AvgIpc) is 2.79. The molecule has 0 spiro atoms. The molecule has 0 rings (SSSR count). The maximum Gasteiger partial charge on any atom is 0.329 e. The lowest BCUT2D eigenvalue weighted by atomic mass is 9.90. The largest absolute Gasteiger partial charge is 0.480 e. The number of carbonyl (C=O) groups excluding carboxylic acids is 1. The van der Waals surface area contributed by atoms with E-state index in [0.29, 0.717) is 12.8 Å². The van der Waals surface area contributed by atoms with Crippen molar-refractivity contribution >= 4 is 23.7 Å². The Morgan fingerprint density at radius 1 is 0.606 bits per heavy atom. The molecule has 0 bridgehead atoms. The minimum absolute atomic E-state index is 0.310. The highest BCUT2D eigenvalue weighted by atomic mass is 32.1. The van der Waals surface area contributed by atoms with Crippen LogP contribution in [0.25, 0.3) is 0 Å². The monoisotopic (exact) mass is 486 g/mol. The Balaban J connectivity index is 4.22. The third-order valence-electron chi connectivity index (χ3n) is 6.73. The predicted molar refractivity (Wildman–Crippen MR) is 143 cm³/mol. The molecule has 0 aromatic rings. The Morgan fingerprint density at radius 3 is 1.18 bits per heavy atom. The van der Waals surface area contributed by atoms with Crippen molar-refractivity contribution in [1.29, 1.82) is 0 Å². The van der Waals surface area contributed by atoms with E-state index in [1.54, 1.807) is 0 Å². The highest BCUT2D eigenvalue weighted by Crippen LogP contribution is 2.30. The summed E-state index contributed by atoms with van der Waals surface area (Å²) in [5, 5.41) is 8.78. The first kappa shape index (κ1) is 32.5. The summed E-state index contributed by atoms with van der Waals surface area (Å²) in [5.41, 5.74) is -1.04. The molecule has 0 saturated carbocycles. The van der Waals surface area contributed by atoms with Crippen LogP contribution in [0.5, 0.6) is 0 Å². The van der Waals surface area contributed by atoms with Crippen molar-refractivity contribution in [1.82, 2.24) is 0 Å². The second-order valence-corrected chi connectivity index (χ2v) is 10.3. The van der Waals surface area contributed by atoms with Crippen LogP contribution in [0, 0.1) is 0 Å². The minimum atomic E-state index is -1.04. The fraction of sp³-hybridized carbons (Fsp3) is 0.929. The summed E-state index contributed by atoms with van der Waals surface area (Å²) < 4.78 is 5.69. The highest BCUT2D eigenvalue weighted by molar-refractivity contribution is 7.96. The highest BCUT2D eigenvalue weighted by Gasteiger charge is 2.37. The van der Waals surface area contributed by atoms with Crippen molar-refractivity contribution in [3.8, 4) is 0 Å². The van der Waals surface area contributed by atoms with Crippen LogP contribution in [-0.2, 0) is 14.3 Å². The zero-order valence-electron chi connectivity index (χ0n) is 21.9. The summed E-state index contributed by atoms with van der Waals surface area (Å²) in [6, 6.07) is 0. The molecule has 5 heteroatoms. The smallest absolute Gasteiger partial charge is 0.329 e. The number of carboxylic acid groups (broad SMARTS) is 1. The third-order valence-corrected chi connectivity index (χ3v) is 7.14. The van der Waals surface area contributed by atoms with E-state index in [9.17, 15) is 9.59 Å². The second-order valence-electron chi connectivity index (χ2n) is 9.85. The quantitative estimate of drug-likeness (QED) is 0.0946. The summed E-state index contributed by atoms with van der Waals surface area (Å²) in [6.45, 7) is 4.06. The molecule has 4 nitrogen and oxygen atoms in total. The Morgan fingerprint density at radius 2 is 0.909 bits per heavy atom. The van der Waals surface area contributed by atoms with Gasteiger partial charge in [-0.1, -0.05) is 142 Å². The summed E-state index contributed by atoms with van der Waals surface area (Å²) in [5.74, 6) is -1.03. The predicted octanol–water partition coefficient (Wildman–Crippen LogP) is 8.90. The lowest BCUT2D eigenvalue weighted by Crippen LogP contribution is -2.40. The van der Waals surface area contributed by atoms with Crippen LogP contribution in [0.3, 0.4) is 0 Å². The fourth-order valence-corrected chi connectivity index (χ4v) is 4.83. The number of aliphatic carboxylic acids is 1. The SMILES string of the molecule is CCCCCCCCCCCCC(CCCCCCCCCCCC)(OCC(=O)O)C(=O)S. The minimum Gasteiger partial charge on any atom is -0.480 e. The summed E-state index contributed by atoms with van der Waals surface area (Å²) >= 11 is 4.12. The van der Waals surface area contributed by atoms with E-state index in [1.165, 1.54) is 103 Å². The van der Waals surface area contributed by atoms with Crippen LogP contribution >= 0.6 is 12.6 Å². The first-order chi connectivity index (χ1) is 16.0. The molecule has 1 N–H and O–H groups in total. The summed E-state index contributed by atoms with van der Waals surface area (Å²) in [4.78, 5) is 23.5. The molecule has 0 amide bonds. The first-order valence-corrected chi connectivity index (χ1v) is 14.5. The van der Waals surface area contributed by atoms with Gasteiger partial charge in [-0.05, 0) is 12.8 Å². The van der Waals surface area contributed by atoms with Crippen molar-refractivity contribution in [2.24, 2.45) is 0 Å². The molecule has 0 radical (unpaired) electrons. The van der Waals surface area contributed by atoms with Gasteiger partial charge in [-0.3, -0.25) is 4.79 Å². The number of ether oxygens (including phenoxy) is 1. The normalized spacial score (nSPS) is 11.7. The first-order valence-electron chi connectivity index (χ1n) is 14.1. The van der Waals surface area contributed by atoms with Gasteiger partial charge < -0.3 is 9.84 Å². The van der Waals surface area contributed by atoms with Crippen LogP contribution in [0.4, 0.5) is 0 Å². The number of carboxylic acids is 1. The second kappa shape index (κ2) is 23.2. The molecule has 0 aliphatic carbocycles. The fourth-order valence-electron chi connectivity index (χ4n) is 4.54. The molecule has 0 atom stereocenters. The van der Waals surface area contributed by atoms with Crippen molar-refractivity contribution in [2.75, 3.05) is 6.61 Å². The van der Waals surface area contributed by atoms with Crippen LogP contribution in [0.2, 0.25) is 0 Å². The number of carbonyl (C=O) groups is 2. The number of hydrogen-bond donors (Lipinski definition) is 2. The molecule has 0 aliphatic heterocycles. The van der Waals surface area contributed by atoms with Crippen LogP contribution in [-0.4, -0.2) is 28.4 Å². The van der Waals surface area contributed by atoms with Gasteiger partial charge in [-0.25, -0.2) is 4.79 Å². The molecule has 196 valence electrons. The van der Waals surface area contributed by atoms with Gasteiger partial charge in [0, 0.05) is 0 Å². The Hall–Kier alpha value is -0.550. The lowest BCUT2D eigenvalue weighted by molar-refractivity contribution is -0.155. The molecule has 0 aliphatic rings. The van der Waals surface area contributed by atoms with E-state index in [2.05, 4.69) is 26.5 Å². The molecular formula is C28H54O4S. The molecular weight excluding hydrogens is 432 g/mol. The standard InChI is InChI=1S/C28H54O4S/c1-3-5-7-9-11-13-15-17-19-21-23-28(27(31)33,32-25-26(29)30)24-22-20-18-16-14-12-10-8-6-4-2/h3-25H2,1-2H3,(H,29,30)(H,31,33). The van der Waals surface area contributed by atoms with E-state index in [4.69, 9.17) is 9.84 Å². The maximum atomic E-state index is 12.4. The molecule has 33 heavy (non-hydrogen) atoms. The molecule has 0 fully saturated rings. The molecule has 0 aromatic carbocycles. The van der Waals surface area contributed by atoms with Gasteiger partial charge in [-0.15, -0.1) is 12.6 Å². The van der Waals surface area contributed by atoms with Gasteiger partial charge in [0.15, 0.2) is 0 Å². The van der Waals surface area contributed by atoms with Gasteiger partial charge in [0.2, 0.25) is 5.12 Å². The van der Waals surface area contributed by atoms with Crippen LogP contribution in [0.15, 0.2) is 0 Å². The van der Waals surface area contributed by atoms with Gasteiger partial charge in [0.05, 0.1) is 0 Å². The Labute approximate surface area is 210 Å². The van der Waals surface area contributed by atoms with Gasteiger partial charge in [0.1, 0.15) is 12.2 Å². The number of rotatable bonds is 26. The van der Waals surface area contributed by atoms with E-state index in [1.807, 2.05) is 0 Å². The zero-order chi connectivity index (χ0) is 24.6. The van der Waals surface area contributed by atoms with Crippen molar-refractivity contribution in [2.45, 2.75) is 161 Å². The third kappa shape index (κ3) is 19.4. The van der Waals surface area contributed by atoms with Crippen LogP contribution < -0.4 is 0 Å². The van der Waals surface area contributed by atoms with Crippen molar-refractivity contribution < 1.29 is 19.4 Å². The zero-order valence-corrected chi connectivity index (χ0v) is 22.8. The number of unbranched alkanes of at least 4 members (excludes halogenated alkanes) is 18. The topological polar surface area (TPSA) is 63.6 Å². The van der Waals surface area contributed by atoms with E-state index >= 15 is 0 Å². The average molecular weight is 487 g/mol. The summed E-state index contributed by atoms with van der Waals surface area (Å²) in [6.07, 6.45) is 25.7. The molecule has 0 saturated heterocycles. The Bertz CT molecular complexity index is 443. The van der Waals surface area contributed by atoms with Crippen LogP contribution in [0.1, 0.15) is 155 Å². The van der Waals surface area contributed by atoms with Gasteiger partial charge in [-0.2, -0.15) is 0 Å². The number of hydrogen-bond acceptors (Lipinski definition) is 3. The maximum absolute atomic E-state index is 12.4.